The van der Waals surface area contributed by atoms with Crippen LogP contribution in [0.3, 0.4) is 0 Å². The fraction of sp³-hybridized carbons (Fsp3) is 0.182. The highest BCUT2D eigenvalue weighted by atomic mass is 16.5. The monoisotopic (exact) mass is 204 g/mol. The van der Waals surface area contributed by atoms with Crippen molar-refractivity contribution in [2.75, 3.05) is 14.2 Å². The maximum absolute atomic E-state index is 5.20. The lowest BCUT2D eigenvalue weighted by Crippen LogP contribution is -1.90. The molecular formula is C11H10NO3. The SMILES string of the molecule is COc1ccc(OC)c(-c2nc[c]o2)c1. The Kier molecular flexibility index (Phi) is 2.58. The minimum absolute atomic E-state index is 0.464. The molecule has 0 unspecified atom stereocenters. The van der Waals surface area contributed by atoms with Crippen LogP contribution in [0.5, 0.6) is 11.5 Å². The Morgan fingerprint density at radius 3 is 2.73 bits per heavy atom. The van der Waals surface area contributed by atoms with Crippen LogP contribution in [0.25, 0.3) is 11.5 Å². The van der Waals surface area contributed by atoms with Crippen molar-refractivity contribution in [3.63, 3.8) is 0 Å². The Hall–Kier alpha value is -1.97. The number of benzene rings is 1. The second-order valence-corrected chi connectivity index (χ2v) is 2.85. The molecule has 2 aromatic rings. The molecule has 0 aliphatic heterocycles. The van der Waals surface area contributed by atoms with Crippen LogP contribution < -0.4 is 9.47 Å². The third-order valence-electron chi connectivity index (χ3n) is 2.03. The molecular weight excluding hydrogens is 194 g/mol. The minimum atomic E-state index is 0.464. The van der Waals surface area contributed by atoms with Crippen LogP contribution in [0.4, 0.5) is 0 Å². The van der Waals surface area contributed by atoms with Crippen LogP contribution in [-0.2, 0) is 0 Å². The fourth-order valence-electron chi connectivity index (χ4n) is 1.30. The van der Waals surface area contributed by atoms with Gasteiger partial charge in [-0.2, -0.15) is 0 Å². The van der Waals surface area contributed by atoms with E-state index in [2.05, 4.69) is 11.2 Å². The van der Waals surface area contributed by atoms with Gasteiger partial charge in [0.15, 0.2) is 6.26 Å². The van der Waals surface area contributed by atoms with Gasteiger partial charge in [0.05, 0.1) is 26.0 Å². The van der Waals surface area contributed by atoms with E-state index in [1.807, 2.05) is 6.07 Å². The van der Waals surface area contributed by atoms with Crippen molar-refractivity contribution in [3.8, 4) is 23.0 Å². The van der Waals surface area contributed by atoms with E-state index in [0.29, 0.717) is 11.6 Å². The van der Waals surface area contributed by atoms with Crippen molar-refractivity contribution in [2.45, 2.75) is 0 Å². The second kappa shape index (κ2) is 4.04. The number of hydrogen-bond acceptors (Lipinski definition) is 4. The molecule has 1 aromatic heterocycles. The van der Waals surface area contributed by atoms with Crippen LogP contribution in [0.15, 0.2) is 28.8 Å². The Morgan fingerprint density at radius 2 is 2.13 bits per heavy atom. The summed E-state index contributed by atoms with van der Waals surface area (Å²) in [5.74, 6) is 1.88. The number of rotatable bonds is 3. The predicted molar refractivity (Wildman–Crippen MR) is 53.9 cm³/mol. The Labute approximate surface area is 87.5 Å². The first-order valence-electron chi connectivity index (χ1n) is 4.39. The highest BCUT2D eigenvalue weighted by Gasteiger charge is 2.11. The van der Waals surface area contributed by atoms with Crippen molar-refractivity contribution in [1.82, 2.24) is 4.98 Å². The van der Waals surface area contributed by atoms with E-state index in [4.69, 9.17) is 13.9 Å². The van der Waals surface area contributed by atoms with Gasteiger partial charge >= 0.3 is 0 Å². The van der Waals surface area contributed by atoms with Gasteiger partial charge in [0.1, 0.15) is 11.5 Å². The van der Waals surface area contributed by atoms with Crippen molar-refractivity contribution in [1.29, 1.82) is 0 Å². The van der Waals surface area contributed by atoms with Gasteiger partial charge in [-0.3, -0.25) is 0 Å². The van der Waals surface area contributed by atoms with Gasteiger partial charge in [0.25, 0.3) is 0 Å². The Bertz CT molecular complexity index is 437. The lowest BCUT2D eigenvalue weighted by Gasteiger charge is -2.07. The smallest absolute Gasteiger partial charge is 0.230 e. The van der Waals surface area contributed by atoms with Gasteiger partial charge in [0, 0.05) is 0 Å². The highest BCUT2D eigenvalue weighted by Crippen LogP contribution is 2.31. The van der Waals surface area contributed by atoms with Gasteiger partial charge in [-0.15, -0.1) is 0 Å². The van der Waals surface area contributed by atoms with Crippen molar-refractivity contribution >= 4 is 0 Å². The number of oxazole rings is 1. The van der Waals surface area contributed by atoms with Crippen LogP contribution in [0.2, 0.25) is 0 Å². The van der Waals surface area contributed by atoms with Crippen molar-refractivity contribution in [3.05, 3.63) is 30.7 Å². The molecule has 4 heteroatoms. The van der Waals surface area contributed by atoms with Gasteiger partial charge in [-0.05, 0) is 18.2 Å². The van der Waals surface area contributed by atoms with E-state index in [-0.39, 0.29) is 0 Å². The van der Waals surface area contributed by atoms with Crippen LogP contribution in [0, 0.1) is 6.26 Å². The molecule has 1 aromatic carbocycles. The Balaban J connectivity index is 2.52. The molecule has 0 saturated carbocycles. The first-order valence-corrected chi connectivity index (χ1v) is 4.39. The quantitative estimate of drug-likeness (QED) is 0.768. The highest BCUT2D eigenvalue weighted by molar-refractivity contribution is 5.64. The van der Waals surface area contributed by atoms with Crippen LogP contribution in [-0.4, -0.2) is 19.2 Å². The molecule has 0 bridgehead atoms. The lowest BCUT2D eigenvalue weighted by molar-refractivity contribution is 0.402. The lowest BCUT2D eigenvalue weighted by atomic mass is 10.2. The molecule has 0 aliphatic carbocycles. The normalized spacial score (nSPS) is 10.0. The zero-order valence-electron chi connectivity index (χ0n) is 8.48. The van der Waals surface area contributed by atoms with Crippen molar-refractivity contribution in [2.24, 2.45) is 0 Å². The number of hydrogen-bond donors (Lipinski definition) is 0. The van der Waals surface area contributed by atoms with E-state index in [0.717, 1.165) is 11.3 Å². The molecule has 0 N–H and O–H groups in total. The van der Waals surface area contributed by atoms with E-state index in [1.165, 1.54) is 6.20 Å². The Morgan fingerprint density at radius 1 is 1.27 bits per heavy atom. The molecule has 0 aliphatic rings. The summed E-state index contributed by atoms with van der Waals surface area (Å²) in [6.45, 7) is 0. The molecule has 4 nitrogen and oxygen atoms in total. The summed E-state index contributed by atoms with van der Waals surface area (Å²) in [7, 11) is 3.20. The van der Waals surface area contributed by atoms with Crippen LogP contribution >= 0.6 is 0 Å². The number of ether oxygens (including phenoxy) is 2. The molecule has 0 saturated heterocycles. The van der Waals surface area contributed by atoms with E-state index >= 15 is 0 Å². The molecule has 0 amide bonds. The fourth-order valence-corrected chi connectivity index (χ4v) is 1.30. The first-order chi connectivity index (χ1) is 7.35. The van der Waals surface area contributed by atoms with Gasteiger partial charge in [0.2, 0.25) is 5.89 Å². The average molecular weight is 204 g/mol. The molecule has 1 radical (unpaired) electrons. The predicted octanol–water partition coefficient (Wildman–Crippen LogP) is 2.16. The second-order valence-electron chi connectivity index (χ2n) is 2.85. The molecule has 0 fully saturated rings. The van der Waals surface area contributed by atoms with Crippen LogP contribution in [0.1, 0.15) is 0 Å². The van der Waals surface area contributed by atoms with E-state index < -0.39 is 0 Å². The summed E-state index contributed by atoms with van der Waals surface area (Å²) in [5.41, 5.74) is 0.748. The largest absolute Gasteiger partial charge is 0.497 e. The summed E-state index contributed by atoms with van der Waals surface area (Å²) in [6.07, 6.45) is 4.00. The molecule has 0 spiro atoms. The summed E-state index contributed by atoms with van der Waals surface area (Å²) >= 11 is 0. The zero-order chi connectivity index (χ0) is 10.7. The summed E-state index contributed by atoms with van der Waals surface area (Å²) in [6, 6.07) is 5.42. The molecule has 2 rings (SSSR count). The van der Waals surface area contributed by atoms with Gasteiger partial charge < -0.3 is 13.9 Å². The zero-order valence-corrected chi connectivity index (χ0v) is 8.48. The minimum Gasteiger partial charge on any atom is -0.497 e. The summed E-state index contributed by atoms with van der Waals surface area (Å²) in [5, 5.41) is 0. The number of methoxy groups -OCH3 is 2. The molecule has 0 atom stereocenters. The third kappa shape index (κ3) is 1.79. The summed E-state index contributed by atoms with van der Waals surface area (Å²) in [4.78, 5) is 4.01. The molecule has 77 valence electrons. The first kappa shape index (κ1) is 9.58. The standard InChI is InChI=1S/C11H10NO3/c1-13-8-3-4-10(14-2)9(7-8)11-12-5-6-15-11/h3-5,7H,1-2H3. The maximum Gasteiger partial charge on any atom is 0.230 e. The maximum atomic E-state index is 5.20. The molecule has 1 heterocycles. The average Bonchev–Trinajstić information content (AvgIpc) is 2.81. The summed E-state index contributed by atoms with van der Waals surface area (Å²) < 4.78 is 15.4. The third-order valence-corrected chi connectivity index (χ3v) is 2.03. The van der Waals surface area contributed by atoms with E-state index in [1.54, 1.807) is 26.4 Å². The van der Waals surface area contributed by atoms with E-state index in [9.17, 15) is 0 Å². The number of aromatic nitrogens is 1. The topological polar surface area (TPSA) is 44.5 Å². The molecule has 15 heavy (non-hydrogen) atoms. The number of nitrogens with zero attached hydrogens (tertiary/aromatic N) is 1. The van der Waals surface area contributed by atoms with Crippen molar-refractivity contribution < 1.29 is 13.9 Å². The van der Waals surface area contributed by atoms with Gasteiger partial charge in [-0.1, -0.05) is 0 Å². The van der Waals surface area contributed by atoms with Gasteiger partial charge in [-0.25, -0.2) is 4.98 Å².